The van der Waals surface area contributed by atoms with Crippen molar-refractivity contribution in [3.05, 3.63) is 172 Å². The second-order valence-electron chi connectivity index (χ2n) is 17.8. The summed E-state index contributed by atoms with van der Waals surface area (Å²) in [5, 5.41) is 51.1. The fourth-order valence-electron chi connectivity index (χ4n) is 7.24. The van der Waals surface area contributed by atoms with E-state index in [2.05, 4.69) is 112 Å². The highest BCUT2D eigenvalue weighted by atomic mass is 16.3. The number of hydrogen-bond donors (Lipinski definition) is 5. The van der Waals surface area contributed by atoms with Crippen molar-refractivity contribution in [2.75, 3.05) is 0 Å². The number of phenolic OH excluding ortho intramolecular Hbond substituents is 5. The summed E-state index contributed by atoms with van der Waals surface area (Å²) in [5.41, 5.74) is 8.52. The van der Waals surface area contributed by atoms with E-state index in [1.807, 2.05) is 68.4 Å². The summed E-state index contributed by atoms with van der Waals surface area (Å²) in [4.78, 5) is 0. The highest BCUT2D eigenvalue weighted by molar-refractivity contribution is 5.88. The molecule has 0 aliphatic rings. The minimum Gasteiger partial charge on any atom is -0.508 e. The van der Waals surface area contributed by atoms with Gasteiger partial charge in [0.2, 0.25) is 0 Å². The molecule has 0 saturated carbocycles. The Morgan fingerprint density at radius 2 is 0.738 bits per heavy atom. The summed E-state index contributed by atoms with van der Waals surface area (Å²) in [6.07, 6.45) is 5.70. The number of phenols is 5. The van der Waals surface area contributed by atoms with E-state index < -0.39 is 0 Å². The van der Waals surface area contributed by atoms with Crippen molar-refractivity contribution in [2.45, 2.75) is 145 Å². The van der Waals surface area contributed by atoms with E-state index in [9.17, 15) is 15.3 Å². The lowest BCUT2D eigenvalue weighted by atomic mass is 9.95. The molecule has 0 aromatic heterocycles. The van der Waals surface area contributed by atoms with E-state index in [0.717, 1.165) is 59.4 Å². The Morgan fingerprint density at radius 1 is 0.338 bits per heavy atom. The summed E-state index contributed by atoms with van der Waals surface area (Å²) in [7, 11) is 0. The number of fused-ring (bicyclic) bond motifs is 2. The summed E-state index contributed by atoms with van der Waals surface area (Å²) in [5.74, 6) is 4.74. The van der Waals surface area contributed by atoms with Gasteiger partial charge < -0.3 is 25.5 Å². The minimum atomic E-state index is 0.332. The zero-order valence-corrected chi connectivity index (χ0v) is 41.4. The van der Waals surface area contributed by atoms with Gasteiger partial charge in [0.15, 0.2) is 0 Å². The molecule has 7 aromatic carbocycles. The molecule has 5 nitrogen and oxygen atoms in total. The van der Waals surface area contributed by atoms with E-state index in [1.165, 1.54) is 33.2 Å². The molecule has 65 heavy (non-hydrogen) atoms. The average molecular weight is 879 g/mol. The Kier molecular flexibility index (Phi) is 22.0. The third kappa shape index (κ3) is 16.5. The smallest absolute Gasteiger partial charge is 0.123 e. The van der Waals surface area contributed by atoms with Crippen LogP contribution in [0.5, 0.6) is 28.7 Å². The first-order valence-corrected chi connectivity index (χ1v) is 23.8. The van der Waals surface area contributed by atoms with Crippen molar-refractivity contribution >= 4 is 21.5 Å². The highest BCUT2D eigenvalue weighted by Gasteiger charge is 2.09. The van der Waals surface area contributed by atoms with Crippen LogP contribution in [0.2, 0.25) is 0 Å². The lowest BCUT2D eigenvalue weighted by Gasteiger charge is -2.12. The Bertz CT molecular complexity index is 2460. The van der Waals surface area contributed by atoms with Crippen molar-refractivity contribution < 1.29 is 25.5 Å². The quantitative estimate of drug-likeness (QED) is 0.0942. The number of hydrogen-bond acceptors (Lipinski definition) is 5. The maximum absolute atomic E-state index is 9.66. The standard InChI is InChI=1S/2C14H16O.C12H18O.2C10H14O/c1-3-10(2)11-4-5-13-9-14(15)7-6-12(13)8-11;1-3-10(2)11-7-8-13-12(9-11)5-4-6-14(13)15;1-5-8(2)11-6-9(3)12(13)10(4)7-11;1-3-8(2)9-4-6-10(11)7-5-9;1-3-8(2)9-5-4-6-10(11)7-9/h2*4-10,15H,3H2,1-2H3;6-8,13H,5H2,1-4H3;2*4-8,11H,3H2,1-2H3. The molecule has 5 heteroatoms. The Labute approximate surface area is 391 Å². The predicted molar refractivity (Wildman–Crippen MR) is 279 cm³/mol. The Balaban J connectivity index is 0.000000217. The molecule has 0 aliphatic carbocycles. The summed E-state index contributed by atoms with van der Waals surface area (Å²) in [6.45, 7) is 25.8. The fraction of sp³-hybridized carbons (Fsp3) is 0.367. The molecule has 0 fully saturated rings. The first-order valence-electron chi connectivity index (χ1n) is 23.8. The molecule has 5 atom stereocenters. The zero-order valence-electron chi connectivity index (χ0n) is 41.4. The molecule has 0 radical (unpaired) electrons. The molecule has 348 valence electrons. The molecule has 0 bridgehead atoms. The monoisotopic (exact) mass is 879 g/mol. The van der Waals surface area contributed by atoms with Crippen LogP contribution in [0.3, 0.4) is 0 Å². The van der Waals surface area contributed by atoms with Gasteiger partial charge in [0, 0.05) is 5.39 Å². The van der Waals surface area contributed by atoms with Crippen LogP contribution in [0.1, 0.15) is 170 Å². The topological polar surface area (TPSA) is 101 Å². The molecule has 5 unspecified atom stereocenters. The SMILES string of the molecule is CCC(C)c1cc(C)c(O)c(C)c1.CCC(C)c1ccc(O)cc1.CCC(C)c1ccc2c(O)cccc2c1.CCC(C)c1ccc2cc(O)ccc2c1.CCC(C)c1cccc(O)c1. The number of aromatic hydroxyl groups is 5. The van der Waals surface area contributed by atoms with Gasteiger partial charge >= 0.3 is 0 Å². The lowest BCUT2D eigenvalue weighted by molar-refractivity contribution is 0.466. The van der Waals surface area contributed by atoms with Gasteiger partial charge in [-0.15, -0.1) is 0 Å². The lowest BCUT2D eigenvalue weighted by Crippen LogP contribution is -1.93. The Hall–Kier alpha value is -5.94. The maximum Gasteiger partial charge on any atom is 0.123 e. The molecule has 0 aliphatic heterocycles. The largest absolute Gasteiger partial charge is 0.508 e. The van der Waals surface area contributed by atoms with Crippen LogP contribution >= 0.6 is 0 Å². The normalized spacial score (nSPS) is 12.9. The predicted octanol–water partition coefficient (Wildman–Crippen LogP) is 17.5. The average Bonchev–Trinajstić information content (AvgIpc) is 3.32. The van der Waals surface area contributed by atoms with E-state index in [0.29, 0.717) is 58.3 Å². The van der Waals surface area contributed by atoms with Gasteiger partial charge in [0.25, 0.3) is 0 Å². The van der Waals surface area contributed by atoms with Crippen LogP contribution in [-0.4, -0.2) is 25.5 Å². The van der Waals surface area contributed by atoms with Crippen LogP contribution in [-0.2, 0) is 0 Å². The number of rotatable bonds is 10. The molecule has 7 aromatic rings. The molecule has 7 rings (SSSR count). The van der Waals surface area contributed by atoms with E-state index in [-0.39, 0.29) is 0 Å². The molecule has 5 N–H and O–H groups in total. The van der Waals surface area contributed by atoms with Crippen molar-refractivity contribution in [2.24, 2.45) is 0 Å². The number of aryl methyl sites for hydroxylation is 2. The van der Waals surface area contributed by atoms with Gasteiger partial charge in [-0.3, -0.25) is 0 Å². The van der Waals surface area contributed by atoms with Gasteiger partial charge in [-0.1, -0.05) is 160 Å². The fourth-order valence-corrected chi connectivity index (χ4v) is 7.24. The van der Waals surface area contributed by atoms with Crippen molar-refractivity contribution in [3.8, 4) is 28.7 Å². The summed E-state index contributed by atoms with van der Waals surface area (Å²) < 4.78 is 0. The van der Waals surface area contributed by atoms with Gasteiger partial charge in [0.05, 0.1) is 0 Å². The van der Waals surface area contributed by atoms with Gasteiger partial charge in [-0.25, -0.2) is 0 Å². The molecule has 0 heterocycles. The Morgan fingerprint density at radius 3 is 1.28 bits per heavy atom. The second-order valence-corrected chi connectivity index (χ2v) is 17.8. The molecule has 0 amide bonds. The van der Waals surface area contributed by atoms with Crippen LogP contribution in [0.25, 0.3) is 21.5 Å². The molecule has 0 spiro atoms. The number of benzene rings is 7. The highest BCUT2D eigenvalue weighted by Crippen LogP contribution is 2.30. The summed E-state index contributed by atoms with van der Waals surface area (Å²) in [6, 6.07) is 42.9. The van der Waals surface area contributed by atoms with Crippen molar-refractivity contribution in [3.63, 3.8) is 0 Å². The third-order valence-corrected chi connectivity index (χ3v) is 12.9. The zero-order chi connectivity index (χ0) is 48.2. The first kappa shape index (κ1) is 53.4. The summed E-state index contributed by atoms with van der Waals surface area (Å²) >= 11 is 0. The minimum absolute atomic E-state index is 0.332. The second kappa shape index (κ2) is 26.8. The molecular formula is C60H78O5. The van der Waals surface area contributed by atoms with Crippen molar-refractivity contribution in [1.29, 1.82) is 0 Å². The van der Waals surface area contributed by atoms with Crippen LogP contribution in [0, 0.1) is 13.8 Å². The van der Waals surface area contributed by atoms with E-state index in [1.54, 1.807) is 36.4 Å². The van der Waals surface area contributed by atoms with Crippen LogP contribution in [0.4, 0.5) is 0 Å². The van der Waals surface area contributed by atoms with Crippen LogP contribution in [0.15, 0.2) is 133 Å². The van der Waals surface area contributed by atoms with Gasteiger partial charge in [-0.2, -0.15) is 0 Å². The van der Waals surface area contributed by atoms with Gasteiger partial charge in [-0.05, 0) is 173 Å². The molecular weight excluding hydrogens is 801 g/mol. The van der Waals surface area contributed by atoms with Crippen LogP contribution < -0.4 is 0 Å². The molecule has 0 saturated heterocycles. The maximum atomic E-state index is 9.66. The van der Waals surface area contributed by atoms with E-state index in [4.69, 9.17) is 10.2 Å². The first-order chi connectivity index (χ1) is 31.0. The van der Waals surface area contributed by atoms with Crippen molar-refractivity contribution in [1.82, 2.24) is 0 Å². The van der Waals surface area contributed by atoms with E-state index >= 15 is 0 Å². The van der Waals surface area contributed by atoms with Gasteiger partial charge in [0.1, 0.15) is 28.7 Å². The third-order valence-electron chi connectivity index (χ3n) is 12.9.